The van der Waals surface area contributed by atoms with Gasteiger partial charge in [-0.25, -0.2) is 4.98 Å². The molecule has 0 spiro atoms. The van der Waals surface area contributed by atoms with E-state index in [9.17, 15) is 4.79 Å². The summed E-state index contributed by atoms with van der Waals surface area (Å²) in [6.07, 6.45) is 1.56. The number of rotatable bonds is 4. The van der Waals surface area contributed by atoms with E-state index < -0.39 is 0 Å². The maximum Gasteiger partial charge on any atom is 0.219 e. The first kappa shape index (κ1) is 14.3. The Bertz CT molecular complexity index is 485. The summed E-state index contributed by atoms with van der Waals surface area (Å²) in [6, 6.07) is 5.61. The zero-order valence-electron chi connectivity index (χ0n) is 11.7. The molecule has 2 heterocycles. The van der Waals surface area contributed by atoms with Crippen LogP contribution in [0.1, 0.15) is 12.5 Å². The van der Waals surface area contributed by atoms with Crippen molar-refractivity contribution < 1.29 is 4.79 Å². The first-order chi connectivity index (χ1) is 9.69. The summed E-state index contributed by atoms with van der Waals surface area (Å²) in [6.45, 7) is 6.80. The van der Waals surface area contributed by atoms with Crippen molar-refractivity contribution in [1.82, 2.24) is 14.8 Å². The molecule has 0 saturated carbocycles. The van der Waals surface area contributed by atoms with E-state index >= 15 is 0 Å². The maximum absolute atomic E-state index is 11.2. The second kappa shape index (κ2) is 6.87. The third-order valence-corrected chi connectivity index (χ3v) is 3.44. The highest BCUT2D eigenvalue weighted by Gasteiger charge is 2.17. The van der Waals surface area contributed by atoms with E-state index in [2.05, 4.69) is 15.2 Å². The van der Waals surface area contributed by atoms with Crippen molar-refractivity contribution in [2.75, 3.05) is 44.6 Å². The molecule has 1 saturated heterocycles. The van der Waals surface area contributed by atoms with Crippen LogP contribution in [0.4, 0.5) is 5.82 Å². The van der Waals surface area contributed by atoms with E-state index in [4.69, 9.17) is 5.26 Å². The molecule has 1 aliphatic rings. The van der Waals surface area contributed by atoms with E-state index in [-0.39, 0.29) is 5.91 Å². The van der Waals surface area contributed by atoms with Crippen LogP contribution >= 0.6 is 0 Å². The van der Waals surface area contributed by atoms with E-state index in [0.717, 1.165) is 45.1 Å². The smallest absolute Gasteiger partial charge is 0.219 e. The first-order valence-electron chi connectivity index (χ1n) is 6.77. The summed E-state index contributed by atoms with van der Waals surface area (Å²) >= 11 is 0. The van der Waals surface area contributed by atoms with Crippen LogP contribution in [-0.4, -0.2) is 60.0 Å². The monoisotopic (exact) mass is 273 g/mol. The maximum atomic E-state index is 11.2. The third kappa shape index (κ3) is 3.93. The normalized spacial score (nSPS) is 15.7. The largest absolute Gasteiger partial charge is 0.369 e. The van der Waals surface area contributed by atoms with Gasteiger partial charge in [-0.2, -0.15) is 5.26 Å². The molecule has 0 radical (unpaired) electrons. The predicted octanol–water partition coefficient (Wildman–Crippen LogP) is 0.529. The number of amides is 1. The lowest BCUT2D eigenvalue weighted by molar-refractivity contribution is -0.130. The third-order valence-electron chi connectivity index (χ3n) is 3.44. The fourth-order valence-electron chi connectivity index (χ4n) is 2.19. The molecule has 2 rings (SSSR count). The quantitative estimate of drug-likeness (QED) is 0.866. The zero-order valence-corrected chi connectivity index (χ0v) is 11.7. The Morgan fingerprint density at radius 1 is 1.40 bits per heavy atom. The van der Waals surface area contributed by atoms with Crippen molar-refractivity contribution in [3.63, 3.8) is 0 Å². The van der Waals surface area contributed by atoms with Gasteiger partial charge in [-0.3, -0.25) is 9.69 Å². The van der Waals surface area contributed by atoms with Gasteiger partial charge in [0, 0.05) is 52.4 Å². The first-order valence-corrected chi connectivity index (χ1v) is 6.77. The number of aromatic nitrogens is 1. The van der Waals surface area contributed by atoms with Crippen LogP contribution in [0.15, 0.2) is 18.3 Å². The highest BCUT2D eigenvalue weighted by Crippen LogP contribution is 2.05. The highest BCUT2D eigenvalue weighted by atomic mass is 16.2. The molecule has 6 heteroatoms. The van der Waals surface area contributed by atoms with E-state index in [1.165, 1.54) is 0 Å². The number of piperazine rings is 1. The van der Waals surface area contributed by atoms with Gasteiger partial charge in [0.25, 0.3) is 0 Å². The van der Waals surface area contributed by atoms with Crippen molar-refractivity contribution in [2.24, 2.45) is 0 Å². The molecule has 1 aromatic heterocycles. The zero-order chi connectivity index (χ0) is 14.4. The minimum atomic E-state index is 0.157. The van der Waals surface area contributed by atoms with E-state index in [0.29, 0.717) is 5.56 Å². The summed E-state index contributed by atoms with van der Waals surface area (Å²) in [7, 11) is 0. The fourth-order valence-corrected chi connectivity index (χ4v) is 2.19. The lowest BCUT2D eigenvalue weighted by atomic mass is 10.3. The molecule has 0 bridgehead atoms. The summed E-state index contributed by atoms with van der Waals surface area (Å²) in [4.78, 5) is 19.6. The lowest BCUT2D eigenvalue weighted by Crippen LogP contribution is -2.49. The minimum Gasteiger partial charge on any atom is -0.369 e. The number of pyridine rings is 1. The van der Waals surface area contributed by atoms with Crippen LogP contribution in [0.5, 0.6) is 0 Å². The number of carbonyl (C=O) groups is 1. The molecule has 6 nitrogen and oxygen atoms in total. The molecule has 106 valence electrons. The molecule has 0 atom stereocenters. The minimum absolute atomic E-state index is 0.157. The van der Waals surface area contributed by atoms with Gasteiger partial charge in [0.15, 0.2) is 0 Å². The topological polar surface area (TPSA) is 72.3 Å². The van der Waals surface area contributed by atoms with E-state index in [1.807, 2.05) is 17.0 Å². The fraction of sp³-hybridized carbons (Fsp3) is 0.500. The average Bonchev–Trinajstić information content (AvgIpc) is 2.48. The Morgan fingerprint density at radius 2 is 2.15 bits per heavy atom. The Morgan fingerprint density at radius 3 is 2.70 bits per heavy atom. The standard InChI is InChI=1S/C14H19N5O/c1-12(20)19-8-6-18(7-9-19)5-4-16-14-3-2-13(10-15)11-17-14/h2-3,11H,4-9H2,1H3,(H,16,17). The van der Waals surface area contributed by atoms with Crippen LogP contribution in [0, 0.1) is 11.3 Å². The second-order valence-electron chi connectivity index (χ2n) is 4.82. The molecule has 0 aliphatic carbocycles. The Kier molecular flexibility index (Phi) is 4.91. The van der Waals surface area contributed by atoms with Gasteiger partial charge in [0.1, 0.15) is 11.9 Å². The number of nitrogens with one attached hydrogen (secondary N) is 1. The Hall–Kier alpha value is -2.13. The molecular weight excluding hydrogens is 254 g/mol. The number of hydrogen-bond donors (Lipinski definition) is 1. The van der Waals surface area contributed by atoms with Gasteiger partial charge in [-0.05, 0) is 12.1 Å². The van der Waals surface area contributed by atoms with Crippen LogP contribution in [0.3, 0.4) is 0 Å². The van der Waals surface area contributed by atoms with Gasteiger partial charge in [-0.15, -0.1) is 0 Å². The molecule has 20 heavy (non-hydrogen) atoms. The van der Waals surface area contributed by atoms with Crippen molar-refractivity contribution in [1.29, 1.82) is 5.26 Å². The molecule has 1 fully saturated rings. The van der Waals surface area contributed by atoms with Crippen molar-refractivity contribution in [3.05, 3.63) is 23.9 Å². The lowest BCUT2D eigenvalue weighted by Gasteiger charge is -2.34. The van der Waals surface area contributed by atoms with Crippen molar-refractivity contribution in [3.8, 4) is 6.07 Å². The highest BCUT2D eigenvalue weighted by molar-refractivity contribution is 5.73. The van der Waals surface area contributed by atoms with Crippen molar-refractivity contribution in [2.45, 2.75) is 6.92 Å². The van der Waals surface area contributed by atoms with Crippen LogP contribution in [0.2, 0.25) is 0 Å². The van der Waals surface area contributed by atoms with Gasteiger partial charge in [-0.1, -0.05) is 0 Å². The molecule has 1 aromatic rings. The van der Waals surface area contributed by atoms with Crippen LogP contribution < -0.4 is 5.32 Å². The molecule has 0 unspecified atom stereocenters. The number of hydrogen-bond acceptors (Lipinski definition) is 5. The van der Waals surface area contributed by atoms with Crippen LogP contribution in [0.25, 0.3) is 0 Å². The second-order valence-corrected chi connectivity index (χ2v) is 4.82. The van der Waals surface area contributed by atoms with Crippen LogP contribution in [-0.2, 0) is 4.79 Å². The summed E-state index contributed by atoms with van der Waals surface area (Å²) in [5.41, 5.74) is 0.566. The van der Waals surface area contributed by atoms with E-state index in [1.54, 1.807) is 19.2 Å². The predicted molar refractivity (Wildman–Crippen MR) is 76.1 cm³/mol. The average molecular weight is 273 g/mol. The van der Waals surface area contributed by atoms with Gasteiger partial charge >= 0.3 is 0 Å². The Labute approximate surface area is 119 Å². The SMILES string of the molecule is CC(=O)N1CCN(CCNc2ccc(C#N)cn2)CC1. The molecule has 1 aliphatic heterocycles. The number of nitrogens with zero attached hydrogens (tertiary/aromatic N) is 4. The van der Waals surface area contributed by atoms with Gasteiger partial charge in [0.05, 0.1) is 5.56 Å². The summed E-state index contributed by atoms with van der Waals surface area (Å²) < 4.78 is 0. The van der Waals surface area contributed by atoms with Gasteiger partial charge < -0.3 is 10.2 Å². The number of nitriles is 1. The molecule has 0 aromatic carbocycles. The summed E-state index contributed by atoms with van der Waals surface area (Å²) in [5.74, 6) is 0.941. The number of anilines is 1. The van der Waals surface area contributed by atoms with Gasteiger partial charge in [0.2, 0.25) is 5.91 Å². The summed E-state index contributed by atoms with van der Waals surface area (Å²) in [5, 5.41) is 11.9. The molecule has 1 N–H and O–H groups in total. The Balaban J connectivity index is 1.69. The molecule has 1 amide bonds. The van der Waals surface area contributed by atoms with Crippen molar-refractivity contribution >= 4 is 11.7 Å². The molecular formula is C14H19N5O. The number of carbonyl (C=O) groups excluding carboxylic acids is 1.